The number of aromatic nitrogens is 2. The van der Waals surface area contributed by atoms with Gasteiger partial charge in [-0.2, -0.15) is 0 Å². The molecule has 0 bridgehead atoms. The number of amides is 1. The number of nitrogens with one attached hydrogen (secondary N) is 1. The number of furan rings is 1. The maximum atomic E-state index is 13.6. The molecule has 0 aliphatic rings. The van der Waals surface area contributed by atoms with E-state index in [1.165, 1.54) is 10.1 Å². The third kappa shape index (κ3) is 4.28. The zero-order valence-corrected chi connectivity index (χ0v) is 19.5. The van der Waals surface area contributed by atoms with Crippen LogP contribution in [0.15, 0.2) is 92.9 Å². The molecule has 0 aliphatic carbocycles. The normalized spacial score (nSPS) is 11.4. The second-order valence-corrected chi connectivity index (χ2v) is 8.85. The Labute approximate surface area is 201 Å². The standard InChI is InChI=1S/C28H25N3O4/c1-18(2)20-12-14-21(15-13-20)29-24(32)17-30-25-22-10-6-7-11-23(22)35-26(25)27(33)31(28(30)34)16-19-8-4-3-5-9-19/h3-15,18H,16-17H2,1-2H3,(H,29,32). The summed E-state index contributed by atoms with van der Waals surface area (Å²) < 4.78 is 8.31. The molecule has 0 unspecified atom stereocenters. The number of hydrogen-bond acceptors (Lipinski definition) is 4. The molecule has 5 rings (SSSR count). The molecule has 3 aromatic carbocycles. The van der Waals surface area contributed by atoms with E-state index in [0.29, 0.717) is 28.1 Å². The molecule has 0 radical (unpaired) electrons. The monoisotopic (exact) mass is 467 g/mol. The summed E-state index contributed by atoms with van der Waals surface area (Å²) in [5, 5.41) is 3.46. The summed E-state index contributed by atoms with van der Waals surface area (Å²) in [7, 11) is 0. The predicted molar refractivity (Wildman–Crippen MR) is 137 cm³/mol. The van der Waals surface area contributed by atoms with Gasteiger partial charge < -0.3 is 9.73 Å². The smallest absolute Gasteiger partial charge is 0.332 e. The highest BCUT2D eigenvalue weighted by Gasteiger charge is 2.21. The summed E-state index contributed by atoms with van der Waals surface area (Å²) in [5.74, 6) is 0.00698. The van der Waals surface area contributed by atoms with Gasteiger partial charge in [0.05, 0.1) is 6.54 Å². The van der Waals surface area contributed by atoms with Crippen LogP contribution in [0.3, 0.4) is 0 Å². The number of fused-ring (bicyclic) bond motifs is 3. The second kappa shape index (κ2) is 9.10. The molecule has 0 saturated carbocycles. The molecule has 2 heterocycles. The number of rotatable bonds is 6. The Kier molecular flexibility index (Phi) is 5.82. The largest absolute Gasteiger partial charge is 0.449 e. The number of para-hydroxylation sites is 1. The summed E-state index contributed by atoms with van der Waals surface area (Å²) in [6.07, 6.45) is 0. The van der Waals surface area contributed by atoms with Crippen molar-refractivity contribution in [3.63, 3.8) is 0 Å². The molecule has 35 heavy (non-hydrogen) atoms. The van der Waals surface area contributed by atoms with Gasteiger partial charge in [-0.3, -0.25) is 18.7 Å². The highest BCUT2D eigenvalue weighted by molar-refractivity contribution is 6.03. The van der Waals surface area contributed by atoms with E-state index in [9.17, 15) is 14.4 Å². The van der Waals surface area contributed by atoms with Gasteiger partial charge in [-0.15, -0.1) is 0 Å². The van der Waals surface area contributed by atoms with E-state index >= 15 is 0 Å². The van der Waals surface area contributed by atoms with Crippen LogP contribution in [0.4, 0.5) is 5.69 Å². The maximum absolute atomic E-state index is 13.6. The molecule has 7 nitrogen and oxygen atoms in total. The van der Waals surface area contributed by atoms with Crippen molar-refractivity contribution in [3.05, 3.63) is 111 Å². The molecule has 1 N–H and O–H groups in total. The van der Waals surface area contributed by atoms with Crippen molar-refractivity contribution < 1.29 is 9.21 Å². The summed E-state index contributed by atoms with van der Waals surface area (Å²) >= 11 is 0. The van der Waals surface area contributed by atoms with E-state index in [1.54, 1.807) is 24.3 Å². The molecular weight excluding hydrogens is 442 g/mol. The first-order valence-corrected chi connectivity index (χ1v) is 11.5. The van der Waals surface area contributed by atoms with Gasteiger partial charge in [0, 0.05) is 11.1 Å². The fraction of sp³-hybridized carbons (Fsp3) is 0.179. The topological polar surface area (TPSA) is 86.2 Å². The van der Waals surface area contributed by atoms with Gasteiger partial charge in [0.1, 0.15) is 17.6 Å². The summed E-state index contributed by atoms with van der Waals surface area (Å²) in [4.78, 5) is 39.9. The molecular formula is C28H25N3O4. The van der Waals surface area contributed by atoms with Crippen LogP contribution in [0, 0.1) is 0 Å². The van der Waals surface area contributed by atoms with Crippen LogP contribution in [0.1, 0.15) is 30.9 Å². The lowest BCUT2D eigenvalue weighted by Crippen LogP contribution is -2.41. The van der Waals surface area contributed by atoms with E-state index in [2.05, 4.69) is 19.2 Å². The lowest BCUT2D eigenvalue weighted by Gasteiger charge is -2.13. The van der Waals surface area contributed by atoms with Crippen LogP contribution in [0.5, 0.6) is 0 Å². The number of benzene rings is 3. The SMILES string of the molecule is CC(C)c1ccc(NC(=O)Cn2c(=O)n(Cc3ccccc3)c(=O)c3oc4ccccc4c32)cc1. The molecule has 7 heteroatoms. The number of hydrogen-bond donors (Lipinski definition) is 1. The molecule has 0 spiro atoms. The van der Waals surface area contributed by atoms with Gasteiger partial charge in [0.15, 0.2) is 0 Å². The Morgan fingerprint density at radius 3 is 2.29 bits per heavy atom. The fourth-order valence-electron chi connectivity index (χ4n) is 4.24. The minimum atomic E-state index is -0.566. The fourth-order valence-corrected chi connectivity index (χ4v) is 4.24. The Morgan fingerprint density at radius 1 is 0.886 bits per heavy atom. The van der Waals surface area contributed by atoms with Gasteiger partial charge in [-0.05, 0) is 41.3 Å². The van der Waals surface area contributed by atoms with Crippen molar-refractivity contribution >= 4 is 33.7 Å². The number of carbonyl (C=O) groups is 1. The van der Waals surface area contributed by atoms with E-state index in [4.69, 9.17) is 4.42 Å². The lowest BCUT2D eigenvalue weighted by molar-refractivity contribution is -0.116. The quantitative estimate of drug-likeness (QED) is 0.392. The average molecular weight is 468 g/mol. The van der Waals surface area contributed by atoms with E-state index < -0.39 is 11.2 Å². The van der Waals surface area contributed by atoms with E-state index in [0.717, 1.165) is 10.1 Å². The Balaban J connectivity index is 1.59. The molecule has 5 aromatic rings. The maximum Gasteiger partial charge on any atom is 0.332 e. The van der Waals surface area contributed by atoms with Gasteiger partial charge in [0.2, 0.25) is 11.5 Å². The van der Waals surface area contributed by atoms with Crippen LogP contribution in [-0.4, -0.2) is 15.0 Å². The van der Waals surface area contributed by atoms with Crippen molar-refractivity contribution in [2.24, 2.45) is 0 Å². The van der Waals surface area contributed by atoms with Gasteiger partial charge in [-0.1, -0.05) is 68.4 Å². The summed E-state index contributed by atoms with van der Waals surface area (Å²) in [5.41, 5.74) is 2.37. The Bertz CT molecular complexity index is 1640. The van der Waals surface area contributed by atoms with Gasteiger partial charge in [-0.25, -0.2) is 4.79 Å². The molecule has 176 valence electrons. The summed E-state index contributed by atoms with van der Waals surface area (Å²) in [6.45, 7) is 4.01. The summed E-state index contributed by atoms with van der Waals surface area (Å²) in [6, 6.07) is 24.0. The first-order valence-electron chi connectivity index (χ1n) is 11.5. The molecule has 2 aromatic heterocycles. The van der Waals surface area contributed by atoms with Crippen LogP contribution in [0.25, 0.3) is 22.1 Å². The average Bonchev–Trinajstić information content (AvgIpc) is 3.25. The van der Waals surface area contributed by atoms with Gasteiger partial charge >= 0.3 is 5.69 Å². The Morgan fingerprint density at radius 2 is 1.57 bits per heavy atom. The zero-order chi connectivity index (χ0) is 24.5. The highest BCUT2D eigenvalue weighted by atomic mass is 16.3. The van der Waals surface area contributed by atoms with Crippen molar-refractivity contribution in [1.29, 1.82) is 0 Å². The number of nitrogens with zero attached hydrogens (tertiary/aromatic N) is 2. The molecule has 1 amide bonds. The third-order valence-corrected chi connectivity index (χ3v) is 6.09. The van der Waals surface area contributed by atoms with E-state index in [-0.39, 0.29) is 24.6 Å². The first-order chi connectivity index (χ1) is 16.9. The van der Waals surface area contributed by atoms with Crippen LogP contribution >= 0.6 is 0 Å². The van der Waals surface area contributed by atoms with Crippen molar-refractivity contribution in [2.75, 3.05) is 5.32 Å². The van der Waals surface area contributed by atoms with E-state index in [1.807, 2.05) is 54.6 Å². The zero-order valence-electron chi connectivity index (χ0n) is 19.5. The Hall–Kier alpha value is -4.39. The van der Waals surface area contributed by atoms with Crippen molar-refractivity contribution in [1.82, 2.24) is 9.13 Å². The number of carbonyl (C=O) groups excluding carboxylic acids is 1. The minimum absolute atomic E-state index is 0.0517. The van der Waals surface area contributed by atoms with Crippen molar-refractivity contribution in [3.8, 4) is 0 Å². The predicted octanol–water partition coefficient (Wildman–Crippen LogP) is 4.72. The minimum Gasteiger partial charge on any atom is -0.449 e. The first kappa shape index (κ1) is 22.4. The third-order valence-electron chi connectivity index (χ3n) is 6.09. The van der Waals surface area contributed by atoms with Crippen molar-refractivity contribution in [2.45, 2.75) is 32.9 Å². The molecule has 0 aliphatic heterocycles. The lowest BCUT2D eigenvalue weighted by atomic mass is 10.0. The van der Waals surface area contributed by atoms with Gasteiger partial charge in [0.25, 0.3) is 5.56 Å². The molecule has 0 atom stereocenters. The van der Waals surface area contributed by atoms with Crippen LogP contribution in [-0.2, 0) is 17.9 Å². The molecule has 0 fully saturated rings. The molecule has 0 saturated heterocycles. The number of anilines is 1. The second-order valence-electron chi connectivity index (χ2n) is 8.85. The highest BCUT2D eigenvalue weighted by Crippen LogP contribution is 2.25. The van der Waals surface area contributed by atoms with Crippen LogP contribution in [0.2, 0.25) is 0 Å². The van der Waals surface area contributed by atoms with Crippen LogP contribution < -0.4 is 16.6 Å².